The number of aliphatic carboxylic acids is 1. The zero-order valence-electron chi connectivity index (χ0n) is 13.5. The minimum absolute atomic E-state index is 0.300. The van der Waals surface area contributed by atoms with Crippen molar-refractivity contribution in [2.24, 2.45) is 0 Å². The van der Waals surface area contributed by atoms with Crippen LogP contribution in [0.4, 0.5) is 0 Å². The Morgan fingerprint density at radius 1 is 1.27 bits per heavy atom. The highest BCUT2D eigenvalue weighted by atomic mass is 32.2. The van der Waals surface area contributed by atoms with Gasteiger partial charge in [0, 0.05) is 12.7 Å². The molecular formula is C16H25NO3SSi. The first-order valence-corrected chi connectivity index (χ1v) is 11.8. The molecule has 6 heteroatoms. The second-order valence-corrected chi connectivity index (χ2v) is 12.0. The Morgan fingerprint density at radius 2 is 1.91 bits per heavy atom. The Hall–Kier alpha value is -1.27. The van der Waals surface area contributed by atoms with Gasteiger partial charge in [-0.05, 0) is 12.2 Å². The van der Waals surface area contributed by atoms with Gasteiger partial charge in [-0.2, -0.15) is 11.8 Å². The topological polar surface area (TPSA) is 66.4 Å². The van der Waals surface area contributed by atoms with Gasteiger partial charge >= 0.3 is 5.97 Å². The van der Waals surface area contributed by atoms with E-state index in [0.717, 1.165) is 12.2 Å². The van der Waals surface area contributed by atoms with Gasteiger partial charge in [-0.15, -0.1) is 0 Å². The molecule has 2 N–H and O–H groups in total. The molecule has 0 heterocycles. The number of carbonyl (C=O) groups excluding carboxylic acids is 1. The van der Waals surface area contributed by atoms with Crippen molar-refractivity contribution in [2.45, 2.75) is 38.5 Å². The summed E-state index contributed by atoms with van der Waals surface area (Å²) in [6, 6.07) is 11.0. The number of benzene rings is 1. The predicted octanol–water partition coefficient (Wildman–Crippen LogP) is 2.31. The van der Waals surface area contributed by atoms with E-state index in [0.29, 0.717) is 5.75 Å². The second-order valence-electron chi connectivity index (χ2n) is 6.02. The molecule has 1 atom stereocenters. The number of hydrogen-bond acceptors (Lipinski definition) is 3. The van der Waals surface area contributed by atoms with E-state index >= 15 is 0 Å². The maximum Gasteiger partial charge on any atom is 0.327 e. The summed E-state index contributed by atoms with van der Waals surface area (Å²) in [6.07, 6.45) is 1.07. The van der Waals surface area contributed by atoms with Crippen molar-refractivity contribution < 1.29 is 14.7 Å². The van der Waals surface area contributed by atoms with Crippen LogP contribution in [-0.2, 0) is 9.59 Å². The van der Waals surface area contributed by atoms with E-state index < -0.39 is 20.1 Å². The molecule has 0 saturated carbocycles. The maximum atomic E-state index is 11.0. The highest BCUT2D eigenvalue weighted by molar-refractivity contribution is 7.99. The predicted molar refractivity (Wildman–Crippen MR) is 95.5 cm³/mol. The average Bonchev–Trinajstić information content (AvgIpc) is 2.46. The number of carboxylic acid groups (broad SMARTS) is 1. The van der Waals surface area contributed by atoms with E-state index in [1.807, 2.05) is 6.07 Å². The van der Waals surface area contributed by atoms with Gasteiger partial charge in [-0.3, -0.25) is 4.79 Å². The molecule has 0 unspecified atom stereocenters. The molecule has 0 radical (unpaired) electrons. The summed E-state index contributed by atoms with van der Waals surface area (Å²) in [5.41, 5.74) is 0. The summed E-state index contributed by atoms with van der Waals surface area (Å²) in [4.78, 5) is 22.0. The highest BCUT2D eigenvalue weighted by Crippen LogP contribution is 2.16. The van der Waals surface area contributed by atoms with E-state index in [9.17, 15) is 9.59 Å². The normalized spacial score (nSPS) is 12.7. The summed E-state index contributed by atoms with van der Waals surface area (Å²) >= 11 is 1.59. The summed E-state index contributed by atoms with van der Waals surface area (Å²) in [5.74, 6) is 0.0711. The zero-order valence-corrected chi connectivity index (χ0v) is 15.3. The van der Waals surface area contributed by atoms with Crippen LogP contribution in [0.1, 0.15) is 13.3 Å². The van der Waals surface area contributed by atoms with E-state index in [2.05, 4.69) is 42.7 Å². The third-order valence-corrected chi connectivity index (χ3v) is 8.25. The fourth-order valence-electron chi connectivity index (χ4n) is 2.27. The number of amides is 1. The van der Waals surface area contributed by atoms with Crippen LogP contribution in [0.2, 0.25) is 19.1 Å². The first kappa shape index (κ1) is 18.8. The lowest BCUT2D eigenvalue weighted by atomic mass is 10.3. The Morgan fingerprint density at radius 3 is 2.45 bits per heavy atom. The van der Waals surface area contributed by atoms with Crippen LogP contribution < -0.4 is 10.5 Å². The molecule has 122 valence electrons. The molecule has 22 heavy (non-hydrogen) atoms. The van der Waals surface area contributed by atoms with Crippen LogP contribution >= 0.6 is 11.8 Å². The van der Waals surface area contributed by atoms with Crippen molar-refractivity contribution >= 4 is 36.9 Å². The van der Waals surface area contributed by atoms with Gasteiger partial charge in [0.05, 0.1) is 8.07 Å². The summed E-state index contributed by atoms with van der Waals surface area (Å²) < 4.78 is 0. The first-order valence-electron chi connectivity index (χ1n) is 7.46. The monoisotopic (exact) mass is 339 g/mol. The fraction of sp³-hybridized carbons (Fsp3) is 0.500. The van der Waals surface area contributed by atoms with Crippen LogP contribution in [0, 0.1) is 0 Å². The molecule has 4 nitrogen and oxygen atoms in total. The molecule has 0 spiro atoms. The summed E-state index contributed by atoms with van der Waals surface area (Å²) in [7, 11) is -1.40. The SMILES string of the molecule is CC(=O)N[C@@H](CSCCC[Si](C)(C)c1ccccc1)C(=O)O. The van der Waals surface area contributed by atoms with Crippen LogP contribution in [0.5, 0.6) is 0 Å². The van der Waals surface area contributed by atoms with Gasteiger partial charge in [0.25, 0.3) is 0 Å². The second kappa shape index (κ2) is 9.00. The smallest absolute Gasteiger partial charge is 0.327 e. The quantitative estimate of drug-likeness (QED) is 0.535. The number of thioether (sulfide) groups is 1. The van der Waals surface area contributed by atoms with Crippen LogP contribution in [-0.4, -0.2) is 42.6 Å². The van der Waals surface area contributed by atoms with Crippen molar-refractivity contribution in [3.63, 3.8) is 0 Å². The molecule has 0 aliphatic rings. The van der Waals surface area contributed by atoms with E-state index in [1.54, 1.807) is 11.8 Å². The summed E-state index contributed by atoms with van der Waals surface area (Å²) in [5, 5.41) is 13.0. The van der Waals surface area contributed by atoms with E-state index in [4.69, 9.17) is 5.11 Å². The lowest BCUT2D eigenvalue weighted by Crippen LogP contribution is -2.42. The van der Waals surface area contributed by atoms with E-state index in [1.165, 1.54) is 18.2 Å². The fourth-order valence-corrected chi connectivity index (χ4v) is 5.95. The van der Waals surface area contributed by atoms with Crippen molar-refractivity contribution in [3.05, 3.63) is 30.3 Å². The van der Waals surface area contributed by atoms with Crippen LogP contribution in [0.3, 0.4) is 0 Å². The third kappa shape index (κ3) is 6.66. The minimum Gasteiger partial charge on any atom is -0.480 e. The van der Waals surface area contributed by atoms with Gasteiger partial charge in [0.2, 0.25) is 5.91 Å². The maximum absolute atomic E-state index is 11.0. The average molecular weight is 340 g/mol. The number of nitrogens with one attached hydrogen (secondary N) is 1. The molecular weight excluding hydrogens is 314 g/mol. The first-order chi connectivity index (χ1) is 10.3. The molecule has 0 bridgehead atoms. The lowest BCUT2D eigenvalue weighted by Gasteiger charge is -2.23. The molecule has 0 fully saturated rings. The van der Waals surface area contributed by atoms with Gasteiger partial charge in [0.15, 0.2) is 0 Å². The molecule has 0 aromatic heterocycles. The number of rotatable bonds is 9. The number of carboxylic acids is 1. The van der Waals surface area contributed by atoms with Gasteiger partial charge in [0.1, 0.15) is 6.04 Å². The van der Waals surface area contributed by atoms with E-state index in [-0.39, 0.29) is 5.91 Å². The Labute approximate surface area is 137 Å². The molecule has 1 rings (SSSR count). The molecule has 0 saturated heterocycles. The Bertz CT molecular complexity index is 493. The van der Waals surface area contributed by atoms with Gasteiger partial charge < -0.3 is 10.4 Å². The van der Waals surface area contributed by atoms with Crippen molar-refractivity contribution in [2.75, 3.05) is 11.5 Å². The number of carbonyl (C=O) groups is 2. The van der Waals surface area contributed by atoms with Crippen LogP contribution in [0.15, 0.2) is 30.3 Å². The summed E-state index contributed by atoms with van der Waals surface area (Å²) in [6.45, 7) is 6.07. The molecule has 0 aliphatic heterocycles. The standard InChI is InChI=1S/C16H25NO3SSi/c1-13(18)17-15(16(19)20)12-21-10-7-11-22(2,3)14-8-5-4-6-9-14/h4-6,8-9,15H,7,10-12H2,1-3H3,(H,17,18)(H,19,20)/t15-/m0/s1. The molecule has 1 aromatic rings. The molecule has 1 aromatic carbocycles. The van der Waals surface area contributed by atoms with Crippen molar-refractivity contribution in [1.29, 1.82) is 0 Å². The minimum atomic E-state index is -1.40. The lowest BCUT2D eigenvalue weighted by molar-refractivity contribution is -0.140. The highest BCUT2D eigenvalue weighted by Gasteiger charge is 2.22. The Balaban J connectivity index is 2.32. The van der Waals surface area contributed by atoms with Gasteiger partial charge in [-0.25, -0.2) is 4.79 Å². The Kier molecular flexibility index (Phi) is 7.68. The largest absolute Gasteiger partial charge is 0.480 e. The zero-order chi connectivity index (χ0) is 16.6. The van der Waals surface area contributed by atoms with Crippen molar-refractivity contribution in [1.82, 2.24) is 5.32 Å². The number of hydrogen-bond donors (Lipinski definition) is 2. The molecule has 1 amide bonds. The van der Waals surface area contributed by atoms with Crippen LogP contribution in [0.25, 0.3) is 0 Å². The molecule has 0 aliphatic carbocycles. The van der Waals surface area contributed by atoms with Gasteiger partial charge in [-0.1, -0.05) is 54.7 Å². The van der Waals surface area contributed by atoms with Crippen molar-refractivity contribution in [3.8, 4) is 0 Å². The third-order valence-electron chi connectivity index (χ3n) is 3.61.